The molecule has 5 nitrogen and oxygen atoms in total. The Bertz CT molecular complexity index is 807. The van der Waals surface area contributed by atoms with Gasteiger partial charge >= 0.3 is 0 Å². The van der Waals surface area contributed by atoms with Crippen LogP contribution in [0.25, 0.3) is 11.1 Å². The van der Waals surface area contributed by atoms with E-state index in [1.807, 2.05) is 6.07 Å². The molecule has 0 radical (unpaired) electrons. The molecule has 0 amide bonds. The normalized spacial score (nSPS) is 10.9. The number of ketones is 1. The predicted octanol–water partition coefficient (Wildman–Crippen LogP) is 2.31. The molecule has 0 fully saturated rings. The van der Waals surface area contributed by atoms with Crippen molar-refractivity contribution in [1.82, 2.24) is 5.16 Å². The molecule has 0 atom stereocenters. The first-order valence-electron chi connectivity index (χ1n) is 6.18. The third-order valence-electron chi connectivity index (χ3n) is 3.24. The molecule has 0 saturated carbocycles. The van der Waals surface area contributed by atoms with Crippen LogP contribution in [0, 0.1) is 19.1 Å². The number of rotatable bonds is 2. The summed E-state index contributed by atoms with van der Waals surface area (Å²) in [6.45, 7) is 3.38. The van der Waals surface area contributed by atoms with Crippen molar-refractivity contribution in [3.63, 3.8) is 0 Å². The fourth-order valence-corrected chi connectivity index (χ4v) is 2.26. The fourth-order valence-electron chi connectivity index (χ4n) is 2.26. The van der Waals surface area contributed by atoms with E-state index in [-0.39, 0.29) is 11.5 Å². The third kappa shape index (κ3) is 1.75. The molecule has 3 rings (SSSR count). The predicted molar refractivity (Wildman–Crippen MR) is 72.3 cm³/mol. The highest BCUT2D eigenvalue weighted by Gasteiger charge is 2.26. The third-order valence-corrected chi connectivity index (χ3v) is 3.24. The summed E-state index contributed by atoms with van der Waals surface area (Å²) in [4.78, 5) is 12.5. The maximum absolute atomic E-state index is 12.5. The molecule has 0 N–H and O–H groups in total. The molecular weight excluding hydrogens is 256 g/mol. The van der Waals surface area contributed by atoms with E-state index in [0.29, 0.717) is 32.7 Å². The second-order valence-electron chi connectivity index (χ2n) is 4.65. The van der Waals surface area contributed by atoms with Gasteiger partial charge in [0.05, 0.1) is 0 Å². The van der Waals surface area contributed by atoms with Crippen LogP contribution in [0.3, 0.4) is 0 Å². The molecular formula is C15H12N2O3. The number of pyridine rings is 1. The maximum Gasteiger partial charge on any atom is 0.287 e. The van der Waals surface area contributed by atoms with Crippen molar-refractivity contribution in [3.05, 3.63) is 64.1 Å². The zero-order valence-electron chi connectivity index (χ0n) is 11.1. The number of benzene rings is 1. The highest BCUT2D eigenvalue weighted by molar-refractivity contribution is 6.08. The zero-order valence-corrected chi connectivity index (χ0v) is 11.1. The molecule has 100 valence electrons. The lowest BCUT2D eigenvalue weighted by molar-refractivity contribution is -0.579. The van der Waals surface area contributed by atoms with Crippen LogP contribution >= 0.6 is 0 Å². The average molecular weight is 268 g/mol. The van der Waals surface area contributed by atoms with Gasteiger partial charge in [-0.05, 0) is 13.8 Å². The minimum atomic E-state index is -0.305. The molecule has 0 aliphatic heterocycles. The lowest BCUT2D eigenvalue weighted by Gasteiger charge is -2.07. The number of hydrogen-bond acceptors (Lipinski definition) is 4. The lowest BCUT2D eigenvalue weighted by atomic mass is 10.0. The van der Waals surface area contributed by atoms with Crippen LogP contribution in [0.15, 0.2) is 40.9 Å². The SMILES string of the molecule is Cc1cc2onc(C)c2[n+]([O-])c1C(=O)c1ccccc1. The van der Waals surface area contributed by atoms with Gasteiger partial charge in [0.2, 0.25) is 5.58 Å². The molecule has 0 unspecified atom stereocenters. The smallest absolute Gasteiger partial charge is 0.287 e. The van der Waals surface area contributed by atoms with Gasteiger partial charge in [-0.3, -0.25) is 4.79 Å². The Hall–Kier alpha value is -2.69. The van der Waals surface area contributed by atoms with Crippen molar-refractivity contribution in [2.24, 2.45) is 0 Å². The van der Waals surface area contributed by atoms with E-state index in [0.717, 1.165) is 0 Å². The Balaban J connectivity index is 2.26. The summed E-state index contributed by atoms with van der Waals surface area (Å²) < 4.78 is 5.69. The number of hydrogen-bond donors (Lipinski definition) is 0. The molecule has 0 aliphatic rings. The summed E-state index contributed by atoms with van der Waals surface area (Å²) >= 11 is 0. The fraction of sp³-hybridized carbons (Fsp3) is 0.133. The van der Waals surface area contributed by atoms with E-state index in [2.05, 4.69) is 5.16 Å². The van der Waals surface area contributed by atoms with Crippen molar-refractivity contribution in [1.29, 1.82) is 0 Å². The molecule has 0 saturated heterocycles. The largest absolute Gasteiger partial charge is 0.618 e. The summed E-state index contributed by atoms with van der Waals surface area (Å²) in [5.41, 5.74) is 2.31. The van der Waals surface area contributed by atoms with Gasteiger partial charge in [0, 0.05) is 17.2 Å². The number of carbonyl (C=O) groups is 1. The standard InChI is InChI=1S/C15H12N2O3/c1-9-8-12-14(10(2)16-20-12)17(19)13(9)15(18)11-6-4-3-5-7-11/h3-8H,1-2H3. The van der Waals surface area contributed by atoms with Crippen LogP contribution < -0.4 is 4.73 Å². The second-order valence-corrected chi connectivity index (χ2v) is 4.65. The van der Waals surface area contributed by atoms with Crippen LogP contribution in [0.5, 0.6) is 0 Å². The van der Waals surface area contributed by atoms with E-state index in [1.165, 1.54) is 0 Å². The highest BCUT2D eigenvalue weighted by Crippen LogP contribution is 2.19. The van der Waals surface area contributed by atoms with Gasteiger partial charge < -0.3 is 9.73 Å². The number of fused-ring (bicyclic) bond motifs is 1. The van der Waals surface area contributed by atoms with E-state index >= 15 is 0 Å². The van der Waals surface area contributed by atoms with Gasteiger partial charge in [-0.15, -0.1) is 0 Å². The van der Waals surface area contributed by atoms with Gasteiger partial charge in [-0.2, -0.15) is 4.73 Å². The lowest BCUT2D eigenvalue weighted by Crippen LogP contribution is -2.37. The number of aromatic nitrogens is 2. The molecule has 2 aromatic heterocycles. The first-order chi connectivity index (χ1) is 9.59. The van der Waals surface area contributed by atoms with Gasteiger partial charge in [-0.1, -0.05) is 35.5 Å². The monoisotopic (exact) mass is 268 g/mol. The van der Waals surface area contributed by atoms with Gasteiger partial charge in [0.25, 0.3) is 17.0 Å². The summed E-state index contributed by atoms with van der Waals surface area (Å²) in [6.07, 6.45) is 0. The topological polar surface area (TPSA) is 70.0 Å². The average Bonchev–Trinajstić information content (AvgIpc) is 2.81. The Morgan fingerprint density at radius 2 is 1.95 bits per heavy atom. The van der Waals surface area contributed by atoms with E-state index in [1.54, 1.807) is 44.2 Å². The number of aryl methyl sites for hydroxylation is 2. The zero-order chi connectivity index (χ0) is 14.3. The molecule has 0 aliphatic carbocycles. The number of nitrogens with zero attached hydrogens (tertiary/aromatic N) is 2. The Morgan fingerprint density at radius 1 is 1.25 bits per heavy atom. The van der Waals surface area contributed by atoms with Gasteiger partial charge in [0.15, 0.2) is 5.69 Å². The summed E-state index contributed by atoms with van der Waals surface area (Å²) in [5, 5.41) is 16.2. The minimum Gasteiger partial charge on any atom is -0.618 e. The van der Waals surface area contributed by atoms with E-state index in [4.69, 9.17) is 4.52 Å². The molecule has 2 heterocycles. The van der Waals surface area contributed by atoms with Gasteiger partial charge in [0.1, 0.15) is 0 Å². The Kier molecular flexibility index (Phi) is 2.75. The molecule has 3 aromatic rings. The Morgan fingerprint density at radius 3 is 2.65 bits per heavy atom. The van der Waals surface area contributed by atoms with Crippen LogP contribution in [0.4, 0.5) is 0 Å². The van der Waals surface area contributed by atoms with Gasteiger partial charge in [-0.25, -0.2) is 0 Å². The van der Waals surface area contributed by atoms with Crippen LogP contribution in [-0.2, 0) is 0 Å². The van der Waals surface area contributed by atoms with Crippen LogP contribution in [-0.4, -0.2) is 10.9 Å². The van der Waals surface area contributed by atoms with E-state index < -0.39 is 0 Å². The van der Waals surface area contributed by atoms with Crippen molar-refractivity contribution in [2.45, 2.75) is 13.8 Å². The molecule has 1 aromatic carbocycles. The highest BCUT2D eigenvalue weighted by atomic mass is 16.5. The van der Waals surface area contributed by atoms with Crippen molar-refractivity contribution in [2.75, 3.05) is 0 Å². The van der Waals surface area contributed by atoms with E-state index in [9.17, 15) is 10.0 Å². The molecule has 5 heteroatoms. The van der Waals surface area contributed by atoms with Crippen LogP contribution in [0.1, 0.15) is 27.3 Å². The first kappa shape index (κ1) is 12.3. The summed E-state index contributed by atoms with van der Waals surface area (Å²) in [6, 6.07) is 10.4. The molecule has 20 heavy (non-hydrogen) atoms. The van der Waals surface area contributed by atoms with Crippen molar-refractivity contribution in [3.8, 4) is 0 Å². The molecule has 0 spiro atoms. The Labute approximate surface area is 115 Å². The minimum absolute atomic E-state index is 0.106. The number of carbonyl (C=O) groups excluding carboxylic acids is 1. The second kappa shape index (κ2) is 4.45. The van der Waals surface area contributed by atoms with Crippen LogP contribution in [0.2, 0.25) is 0 Å². The maximum atomic E-state index is 12.5. The summed E-state index contributed by atoms with van der Waals surface area (Å²) in [5.74, 6) is -0.305. The van der Waals surface area contributed by atoms with Crippen molar-refractivity contribution < 1.29 is 14.0 Å². The quantitative estimate of drug-likeness (QED) is 0.406. The van der Waals surface area contributed by atoms with Crippen molar-refractivity contribution >= 4 is 16.9 Å². The summed E-state index contributed by atoms with van der Waals surface area (Å²) in [7, 11) is 0. The molecule has 0 bridgehead atoms. The first-order valence-corrected chi connectivity index (χ1v) is 6.18.